The lowest BCUT2D eigenvalue weighted by molar-refractivity contribution is -0.132. The van der Waals surface area contributed by atoms with Crippen LogP contribution in [0.5, 0.6) is 5.75 Å². The number of rotatable bonds is 20. The molecule has 1 aromatic carbocycles. The van der Waals surface area contributed by atoms with E-state index in [1.807, 2.05) is 33.8 Å². The average Bonchev–Trinajstić information content (AvgIpc) is 3.40. The molecule has 5 atom stereocenters. The Balaban J connectivity index is 1.40. The highest BCUT2D eigenvalue weighted by atomic mass is 32.2. The maximum Gasteiger partial charge on any atom is 0.310 e. The summed E-state index contributed by atoms with van der Waals surface area (Å²) >= 11 is 0. The number of benzene rings is 1. The number of aryl methyl sites for hydroxylation is 3. The minimum absolute atomic E-state index is 0.0363. The number of carbonyl (C=O) groups is 3. The number of nitrogens with zero attached hydrogens (tertiary/aromatic N) is 3. The summed E-state index contributed by atoms with van der Waals surface area (Å²) in [5.74, 6) is 6.40. The quantitative estimate of drug-likeness (QED) is 0.0337. The third kappa shape index (κ3) is 12.4. The fourth-order valence-corrected chi connectivity index (χ4v) is 10.2. The SMILES string of the molecule is C#C[C@]1(CO)O[C@@H](C2C=Nc3c(nc(F)nc3NC(=O)CCCCCCCCCCCCC)CC2)C[C@@H]1S(=C)C(=O)CC(C)(C)c1c(C)cc(C)cc1OC(C)=O. The average molecular weight is 807 g/mol. The van der Waals surface area contributed by atoms with Crippen molar-refractivity contribution in [2.45, 2.75) is 167 Å². The highest BCUT2D eigenvalue weighted by molar-refractivity contribution is 8.27. The van der Waals surface area contributed by atoms with Crippen molar-refractivity contribution in [3.8, 4) is 18.1 Å². The number of terminal acetylenes is 1. The molecule has 2 N–H and O–H groups in total. The van der Waals surface area contributed by atoms with Crippen molar-refractivity contribution in [3.05, 3.63) is 40.6 Å². The highest BCUT2D eigenvalue weighted by Crippen LogP contribution is 2.47. The number of unbranched alkanes of at least 4 members (excludes halogenated alkanes) is 10. The van der Waals surface area contributed by atoms with Gasteiger partial charge in [-0.3, -0.25) is 19.4 Å². The maximum atomic E-state index is 14.7. The van der Waals surface area contributed by atoms with Crippen LogP contribution in [0.15, 0.2) is 17.1 Å². The third-order valence-electron chi connectivity index (χ3n) is 11.2. The summed E-state index contributed by atoms with van der Waals surface area (Å²) in [7, 11) is -1.19. The van der Waals surface area contributed by atoms with Gasteiger partial charge in [0.05, 0.1) is 23.7 Å². The van der Waals surface area contributed by atoms with Gasteiger partial charge in [-0.25, -0.2) is 4.98 Å². The van der Waals surface area contributed by atoms with E-state index in [0.717, 1.165) is 36.0 Å². The zero-order valence-electron chi connectivity index (χ0n) is 34.9. The molecule has 1 saturated heterocycles. The van der Waals surface area contributed by atoms with Gasteiger partial charge in [0.15, 0.2) is 16.5 Å². The molecule has 2 aromatic rings. The monoisotopic (exact) mass is 806 g/mol. The van der Waals surface area contributed by atoms with Crippen molar-refractivity contribution in [1.29, 1.82) is 0 Å². The summed E-state index contributed by atoms with van der Waals surface area (Å²) in [4.78, 5) is 51.6. The molecule has 312 valence electrons. The van der Waals surface area contributed by atoms with Gasteiger partial charge < -0.3 is 19.9 Å². The number of aliphatic imine (C=N–C) groups is 1. The zero-order valence-corrected chi connectivity index (χ0v) is 35.7. The van der Waals surface area contributed by atoms with Gasteiger partial charge in [-0.1, -0.05) is 103 Å². The molecule has 12 heteroatoms. The number of carbonyl (C=O) groups excluding carboxylic acids is 3. The van der Waals surface area contributed by atoms with Crippen LogP contribution in [-0.4, -0.2) is 67.7 Å². The number of hydrogen-bond acceptors (Lipinski definition) is 9. The second-order valence-electron chi connectivity index (χ2n) is 16.4. The van der Waals surface area contributed by atoms with E-state index < -0.39 is 51.5 Å². The van der Waals surface area contributed by atoms with Crippen molar-refractivity contribution < 1.29 is 33.4 Å². The van der Waals surface area contributed by atoms with E-state index in [0.29, 0.717) is 42.8 Å². The van der Waals surface area contributed by atoms with E-state index in [4.69, 9.17) is 15.9 Å². The molecule has 2 unspecified atom stereocenters. The Hall–Kier alpha value is -3.79. The summed E-state index contributed by atoms with van der Waals surface area (Å²) in [5, 5.41) is 12.7. The molecule has 0 spiro atoms. The van der Waals surface area contributed by atoms with E-state index in [-0.39, 0.29) is 29.2 Å². The topological polar surface area (TPSA) is 140 Å². The number of amides is 1. The number of esters is 1. The molecule has 0 aliphatic carbocycles. The van der Waals surface area contributed by atoms with Gasteiger partial charge in [-0.2, -0.15) is 9.37 Å². The number of anilines is 1. The normalized spacial score (nSPS) is 21.0. The molecule has 10 nitrogen and oxygen atoms in total. The summed E-state index contributed by atoms with van der Waals surface area (Å²) in [5.41, 5.74) is 1.09. The molecule has 1 aromatic heterocycles. The molecular formula is C45H63FN4O6S. The van der Waals surface area contributed by atoms with E-state index in [1.165, 1.54) is 58.3 Å². The lowest BCUT2D eigenvalue weighted by Crippen LogP contribution is -2.42. The number of aliphatic hydroxyl groups excluding tert-OH is 1. The van der Waals surface area contributed by atoms with Gasteiger partial charge in [0.2, 0.25) is 5.91 Å². The number of fused-ring (bicyclic) bond motifs is 1. The standard InChI is InChI=1S/C45H63FN4O6S/c1-9-11-12-13-14-15-16-17-18-19-20-21-38(53)49-42-41-34(48-43(46)50-42)23-22-33(28-47-41)35-26-37(45(10-2,29-51)56-35)57(8)39(54)27-44(6,7)40-31(4)24-30(3)25-36(40)55-32(5)52/h2,24-25,28,33,35,37,51H,8-9,11-23,26-27,29H2,1,3-7H3,(H,48,49,50,53)/t33?,35-,37+,45-,57?/m1/s1. The van der Waals surface area contributed by atoms with Crippen LogP contribution >= 0.6 is 10.5 Å². The number of aliphatic hydroxyl groups is 1. The van der Waals surface area contributed by atoms with Crippen LogP contribution in [-0.2, 0) is 31.0 Å². The predicted octanol–water partition coefficient (Wildman–Crippen LogP) is 9.18. The molecule has 4 rings (SSSR count). The molecule has 0 saturated carbocycles. The lowest BCUT2D eigenvalue weighted by atomic mass is 9.78. The van der Waals surface area contributed by atoms with Crippen LogP contribution in [0.3, 0.4) is 0 Å². The smallest absolute Gasteiger partial charge is 0.310 e. The van der Waals surface area contributed by atoms with Gasteiger partial charge in [-0.15, -0.1) is 16.9 Å². The first kappa shape index (κ1) is 45.9. The van der Waals surface area contributed by atoms with Crippen LogP contribution in [0.1, 0.15) is 146 Å². The molecular weight excluding hydrogens is 744 g/mol. The second kappa shape index (κ2) is 21.3. The fourth-order valence-electron chi connectivity index (χ4n) is 8.29. The van der Waals surface area contributed by atoms with Crippen LogP contribution in [0.2, 0.25) is 0 Å². The molecule has 2 aliphatic rings. The zero-order chi connectivity index (χ0) is 41.8. The van der Waals surface area contributed by atoms with Crippen molar-refractivity contribution in [2.24, 2.45) is 10.9 Å². The number of aromatic nitrogens is 2. The second-order valence-corrected chi connectivity index (χ2v) is 18.3. The van der Waals surface area contributed by atoms with Crippen LogP contribution in [0.25, 0.3) is 0 Å². The Morgan fingerprint density at radius 2 is 1.74 bits per heavy atom. The van der Waals surface area contributed by atoms with Gasteiger partial charge in [0.25, 0.3) is 0 Å². The molecule has 0 radical (unpaired) electrons. The Morgan fingerprint density at radius 3 is 2.35 bits per heavy atom. The predicted molar refractivity (Wildman–Crippen MR) is 228 cm³/mol. The van der Waals surface area contributed by atoms with E-state index in [1.54, 1.807) is 12.3 Å². The highest BCUT2D eigenvalue weighted by Gasteiger charge is 2.51. The molecule has 57 heavy (non-hydrogen) atoms. The number of halogens is 1. The van der Waals surface area contributed by atoms with E-state index in [9.17, 15) is 23.9 Å². The van der Waals surface area contributed by atoms with E-state index >= 15 is 0 Å². The Kier molecular flexibility index (Phi) is 17.1. The fraction of sp³-hybridized carbons (Fsp3) is 0.622. The summed E-state index contributed by atoms with van der Waals surface area (Å²) in [6.07, 6.45) is 20.7. The first-order valence-corrected chi connectivity index (χ1v) is 22.1. The number of hydrogen-bond donors (Lipinski definition) is 2. The van der Waals surface area contributed by atoms with Crippen LogP contribution < -0.4 is 10.1 Å². The largest absolute Gasteiger partial charge is 0.426 e. The van der Waals surface area contributed by atoms with Crippen LogP contribution in [0.4, 0.5) is 15.9 Å². The minimum atomic E-state index is -1.45. The van der Waals surface area contributed by atoms with Gasteiger partial charge >= 0.3 is 12.0 Å². The van der Waals surface area contributed by atoms with Crippen molar-refractivity contribution in [3.63, 3.8) is 0 Å². The minimum Gasteiger partial charge on any atom is -0.426 e. The first-order valence-electron chi connectivity index (χ1n) is 20.7. The third-order valence-corrected chi connectivity index (χ3v) is 13.2. The Morgan fingerprint density at radius 1 is 1.09 bits per heavy atom. The van der Waals surface area contributed by atoms with Crippen molar-refractivity contribution in [2.75, 3.05) is 11.9 Å². The van der Waals surface area contributed by atoms with E-state index in [2.05, 4.69) is 39.0 Å². The van der Waals surface area contributed by atoms with Gasteiger partial charge in [-0.05, 0) is 56.7 Å². The molecule has 3 heterocycles. The lowest BCUT2D eigenvalue weighted by Gasteiger charge is -2.32. The first-order chi connectivity index (χ1) is 27.1. The molecule has 2 aliphatic heterocycles. The van der Waals surface area contributed by atoms with Gasteiger partial charge in [0.1, 0.15) is 11.4 Å². The summed E-state index contributed by atoms with van der Waals surface area (Å²) in [6.45, 7) is 10.8. The Labute approximate surface area is 341 Å². The Bertz CT molecular complexity index is 1840. The van der Waals surface area contributed by atoms with Crippen molar-refractivity contribution in [1.82, 2.24) is 9.97 Å². The van der Waals surface area contributed by atoms with Crippen molar-refractivity contribution >= 4 is 51.1 Å². The summed E-state index contributed by atoms with van der Waals surface area (Å²) < 4.78 is 26.7. The summed E-state index contributed by atoms with van der Waals surface area (Å²) in [6, 6.07) is 3.79. The molecule has 1 amide bonds. The molecule has 1 fully saturated rings. The van der Waals surface area contributed by atoms with Gasteiger partial charge in [0, 0.05) is 42.9 Å². The molecule has 0 bridgehead atoms. The number of nitrogens with one attached hydrogen (secondary N) is 1. The number of ether oxygens (including phenoxy) is 2. The van der Waals surface area contributed by atoms with Crippen LogP contribution in [0, 0.1) is 38.2 Å². The maximum absolute atomic E-state index is 14.7.